The van der Waals surface area contributed by atoms with Gasteiger partial charge in [0.25, 0.3) is 0 Å². The summed E-state index contributed by atoms with van der Waals surface area (Å²) < 4.78 is 12.6. The number of rotatable bonds is 10. The molecule has 5 aromatic rings. The van der Waals surface area contributed by atoms with E-state index in [4.69, 9.17) is 9.47 Å². The summed E-state index contributed by atoms with van der Waals surface area (Å²) in [6.45, 7) is -0.416. The summed E-state index contributed by atoms with van der Waals surface area (Å²) in [6, 6.07) is 39.7. The van der Waals surface area contributed by atoms with Gasteiger partial charge in [-0.25, -0.2) is 0 Å². The second kappa shape index (κ2) is 14.3. The number of aliphatic hydroxyl groups is 2. The van der Waals surface area contributed by atoms with E-state index < -0.39 is 59.5 Å². The van der Waals surface area contributed by atoms with Gasteiger partial charge in [-0.2, -0.15) is 0 Å². The molecule has 8 rings (SSSR count). The van der Waals surface area contributed by atoms with Gasteiger partial charge in [0.15, 0.2) is 0 Å². The summed E-state index contributed by atoms with van der Waals surface area (Å²) in [5.41, 5.74) is 2.16. The van der Waals surface area contributed by atoms with E-state index in [1.165, 1.54) is 0 Å². The van der Waals surface area contributed by atoms with Crippen molar-refractivity contribution in [2.75, 3.05) is 25.1 Å². The third-order valence-electron chi connectivity index (χ3n) is 10.7. The Labute approximate surface area is 307 Å². The monoisotopic (exact) mass is 709 g/mol. The number of esters is 1. The second-order valence-electron chi connectivity index (χ2n) is 13.5. The Morgan fingerprint density at radius 1 is 0.811 bits per heavy atom. The first-order valence-corrected chi connectivity index (χ1v) is 17.8. The van der Waals surface area contributed by atoms with Crippen LogP contribution in [-0.2, 0) is 24.5 Å². The predicted molar refractivity (Wildman–Crippen MR) is 196 cm³/mol. The number of carbonyl (C=O) groups is 3. The van der Waals surface area contributed by atoms with Gasteiger partial charge in [0, 0.05) is 17.8 Å². The van der Waals surface area contributed by atoms with Gasteiger partial charge < -0.3 is 30.3 Å². The van der Waals surface area contributed by atoms with Crippen molar-refractivity contribution in [2.45, 2.75) is 35.7 Å². The summed E-state index contributed by atoms with van der Waals surface area (Å²) in [5, 5.41) is 26.9. The van der Waals surface area contributed by atoms with Crippen molar-refractivity contribution in [3.63, 3.8) is 0 Å². The highest BCUT2D eigenvalue weighted by molar-refractivity contribution is 6.12. The lowest BCUT2D eigenvalue weighted by atomic mass is 9.65. The van der Waals surface area contributed by atoms with Crippen LogP contribution in [0.15, 0.2) is 140 Å². The number of hydrogen-bond acceptors (Lipinski definition) is 8. The normalized spacial score (nSPS) is 25.2. The van der Waals surface area contributed by atoms with Crippen molar-refractivity contribution in [3.05, 3.63) is 167 Å². The molecule has 3 aliphatic rings. The Bertz CT molecular complexity index is 2110. The maximum absolute atomic E-state index is 15.1. The topological polar surface area (TPSA) is 137 Å². The van der Waals surface area contributed by atoms with Crippen LogP contribution in [0.25, 0.3) is 0 Å². The fraction of sp³-hybridized carbons (Fsp3) is 0.233. The van der Waals surface area contributed by atoms with E-state index in [9.17, 15) is 15.0 Å². The van der Waals surface area contributed by atoms with Crippen LogP contribution in [0.4, 0.5) is 5.69 Å². The van der Waals surface area contributed by atoms with E-state index in [-0.39, 0.29) is 19.8 Å². The summed E-state index contributed by atoms with van der Waals surface area (Å²) in [4.78, 5) is 46.9. The van der Waals surface area contributed by atoms with E-state index in [1.807, 2.05) is 102 Å². The van der Waals surface area contributed by atoms with Gasteiger partial charge in [-0.05, 0) is 34.4 Å². The van der Waals surface area contributed by atoms with Crippen LogP contribution in [0.5, 0.6) is 5.75 Å². The van der Waals surface area contributed by atoms with Crippen LogP contribution < -0.4 is 15.4 Å². The SMILES string of the molecule is O=C1O[C@H](c2ccccc2)[C@H](c2ccccc2)N2[C@H]1[C@@H](C(=O)NC[C@H](O)c1ccccc1)[C@]1(C(=O)Nc3ccccc31)[C@H]2c1ccccc1OCCO. The average molecular weight is 710 g/mol. The van der Waals surface area contributed by atoms with Crippen LogP contribution in [0, 0.1) is 5.92 Å². The number of anilines is 1. The Balaban J connectivity index is 1.38. The van der Waals surface area contributed by atoms with Crippen LogP contribution >= 0.6 is 0 Å². The molecule has 10 nitrogen and oxygen atoms in total. The first-order valence-electron chi connectivity index (χ1n) is 17.8. The number of ether oxygens (including phenoxy) is 2. The molecule has 268 valence electrons. The molecule has 2 saturated heterocycles. The number of nitrogens with one attached hydrogen (secondary N) is 2. The predicted octanol–water partition coefficient (Wildman–Crippen LogP) is 5.18. The van der Waals surface area contributed by atoms with Gasteiger partial charge in [0.05, 0.1) is 30.7 Å². The number of para-hydroxylation sites is 2. The minimum atomic E-state index is -1.68. The number of fused-ring (bicyclic) bond motifs is 3. The highest BCUT2D eigenvalue weighted by Gasteiger charge is 2.74. The van der Waals surface area contributed by atoms with E-state index in [0.717, 1.165) is 11.1 Å². The zero-order valence-electron chi connectivity index (χ0n) is 28.7. The highest BCUT2D eigenvalue weighted by Crippen LogP contribution is 2.65. The molecule has 0 radical (unpaired) electrons. The van der Waals surface area contributed by atoms with Crippen LogP contribution in [0.2, 0.25) is 0 Å². The van der Waals surface area contributed by atoms with Crippen molar-refractivity contribution >= 4 is 23.5 Å². The molecule has 3 heterocycles. The second-order valence-corrected chi connectivity index (χ2v) is 13.5. The summed E-state index contributed by atoms with van der Waals surface area (Å²) in [5.74, 6) is -2.60. The molecular weight excluding hydrogens is 670 g/mol. The average Bonchev–Trinajstić information content (AvgIpc) is 3.68. The van der Waals surface area contributed by atoms with Crippen molar-refractivity contribution in [1.82, 2.24) is 10.2 Å². The molecule has 53 heavy (non-hydrogen) atoms. The molecule has 1 spiro atoms. The molecule has 0 aromatic heterocycles. The minimum Gasteiger partial charge on any atom is -0.491 e. The molecule has 7 atom stereocenters. The third kappa shape index (κ3) is 5.76. The Kier molecular flexibility index (Phi) is 9.26. The molecule has 0 saturated carbocycles. The quantitative estimate of drug-likeness (QED) is 0.146. The van der Waals surface area contributed by atoms with Gasteiger partial charge in [0.2, 0.25) is 11.8 Å². The first kappa shape index (κ1) is 34.3. The maximum atomic E-state index is 15.1. The van der Waals surface area contributed by atoms with Gasteiger partial charge in [-0.1, -0.05) is 127 Å². The maximum Gasteiger partial charge on any atom is 0.324 e. The molecule has 0 aliphatic carbocycles. The molecular formula is C43H39N3O7. The number of amides is 2. The summed E-state index contributed by atoms with van der Waals surface area (Å²) >= 11 is 0. The minimum absolute atomic E-state index is 0.0129. The molecule has 0 unspecified atom stereocenters. The fourth-order valence-electron chi connectivity index (χ4n) is 8.62. The van der Waals surface area contributed by atoms with Gasteiger partial charge >= 0.3 is 5.97 Å². The Morgan fingerprint density at radius 3 is 2.15 bits per heavy atom. The highest BCUT2D eigenvalue weighted by atomic mass is 16.6. The Hall–Kier alpha value is -5.81. The summed E-state index contributed by atoms with van der Waals surface area (Å²) in [7, 11) is 0. The lowest BCUT2D eigenvalue weighted by molar-refractivity contribution is -0.178. The summed E-state index contributed by atoms with van der Waals surface area (Å²) in [6.07, 6.45) is -1.85. The zero-order chi connectivity index (χ0) is 36.5. The molecule has 5 aromatic carbocycles. The lowest BCUT2D eigenvalue weighted by Gasteiger charge is -2.46. The molecule has 2 amide bonds. The lowest BCUT2D eigenvalue weighted by Crippen LogP contribution is -2.55. The number of hydrogen-bond donors (Lipinski definition) is 4. The number of nitrogens with zero attached hydrogens (tertiary/aromatic N) is 1. The van der Waals surface area contributed by atoms with E-state index in [1.54, 1.807) is 42.5 Å². The molecule has 2 fully saturated rings. The third-order valence-corrected chi connectivity index (χ3v) is 10.7. The van der Waals surface area contributed by atoms with Crippen LogP contribution in [-0.4, -0.2) is 58.7 Å². The van der Waals surface area contributed by atoms with Gasteiger partial charge in [0.1, 0.15) is 29.9 Å². The van der Waals surface area contributed by atoms with Crippen molar-refractivity contribution in [2.24, 2.45) is 5.92 Å². The Morgan fingerprint density at radius 2 is 1.43 bits per heavy atom. The zero-order valence-corrected chi connectivity index (χ0v) is 28.7. The smallest absolute Gasteiger partial charge is 0.324 e. The number of aliphatic hydroxyl groups excluding tert-OH is 2. The number of morpholine rings is 1. The standard InChI is InChI=1S/C43H39N3O7/c47-24-25-52-34-23-13-10-20-30(34)39-43(31-21-11-12-22-32(31)45-42(43)51)35(40(49)44-26-33(48)27-14-4-1-5-15-27)37-41(50)53-38(29-18-8-3-9-19-29)36(46(37)39)28-16-6-2-7-17-28/h1-23,33,35-39,47-48H,24-26H2,(H,44,49)(H,45,51)/t33-,35-,36-,37-,38+,39+,43-/m0/s1. The van der Waals surface area contributed by atoms with Crippen LogP contribution in [0.3, 0.4) is 0 Å². The van der Waals surface area contributed by atoms with E-state index in [2.05, 4.69) is 10.6 Å². The number of carbonyl (C=O) groups excluding carboxylic acids is 3. The van der Waals surface area contributed by atoms with Crippen molar-refractivity contribution < 1.29 is 34.1 Å². The van der Waals surface area contributed by atoms with Gasteiger partial charge in [-0.15, -0.1) is 0 Å². The van der Waals surface area contributed by atoms with Crippen LogP contribution in [0.1, 0.15) is 52.1 Å². The van der Waals surface area contributed by atoms with E-state index >= 15 is 9.59 Å². The number of cyclic esters (lactones) is 1. The van der Waals surface area contributed by atoms with E-state index in [0.29, 0.717) is 28.1 Å². The van der Waals surface area contributed by atoms with Crippen molar-refractivity contribution in [1.29, 1.82) is 0 Å². The largest absolute Gasteiger partial charge is 0.491 e. The van der Waals surface area contributed by atoms with Crippen molar-refractivity contribution in [3.8, 4) is 5.75 Å². The fourth-order valence-corrected chi connectivity index (χ4v) is 8.62. The molecule has 4 N–H and O–H groups in total. The molecule has 0 bridgehead atoms. The number of benzene rings is 5. The first-order chi connectivity index (χ1) is 25.9. The van der Waals surface area contributed by atoms with Gasteiger partial charge in [-0.3, -0.25) is 19.3 Å². The molecule has 3 aliphatic heterocycles. The molecule has 10 heteroatoms.